The molecular formula is C14H16FNO. The molecule has 3 heteroatoms. The van der Waals surface area contributed by atoms with Crippen LogP contribution in [0.5, 0.6) is 0 Å². The molecule has 1 N–H and O–H groups in total. The molecule has 1 atom stereocenters. The van der Waals surface area contributed by atoms with Gasteiger partial charge in [0.05, 0.1) is 11.6 Å². The Kier molecular flexibility index (Phi) is 3.29. The lowest BCUT2D eigenvalue weighted by Gasteiger charge is -2.06. The maximum Gasteiger partial charge on any atom is 0.137 e. The molecule has 1 aromatic carbocycles. The first kappa shape index (κ1) is 11.9. The molecule has 90 valence electrons. The first-order valence-electron chi connectivity index (χ1n) is 5.66. The highest BCUT2D eigenvalue weighted by molar-refractivity contribution is 5.59. The summed E-state index contributed by atoms with van der Waals surface area (Å²) in [7, 11) is 1.86. The monoisotopic (exact) mass is 233 g/mol. The fourth-order valence-electron chi connectivity index (χ4n) is 1.71. The molecule has 0 spiro atoms. The minimum absolute atomic E-state index is 0.122. The van der Waals surface area contributed by atoms with Crippen LogP contribution in [0.2, 0.25) is 0 Å². The van der Waals surface area contributed by atoms with Crippen LogP contribution in [0.15, 0.2) is 34.7 Å². The number of rotatable bonds is 3. The predicted molar refractivity (Wildman–Crippen MR) is 66.3 cm³/mol. The van der Waals surface area contributed by atoms with Crippen molar-refractivity contribution in [3.8, 4) is 11.3 Å². The lowest BCUT2D eigenvalue weighted by atomic mass is 10.1. The van der Waals surface area contributed by atoms with Gasteiger partial charge in [-0.15, -0.1) is 0 Å². The second kappa shape index (κ2) is 4.72. The van der Waals surface area contributed by atoms with Gasteiger partial charge in [0.15, 0.2) is 0 Å². The van der Waals surface area contributed by atoms with E-state index in [1.165, 1.54) is 0 Å². The highest BCUT2D eigenvalue weighted by Crippen LogP contribution is 2.28. The predicted octanol–water partition coefficient (Wildman–Crippen LogP) is 3.67. The van der Waals surface area contributed by atoms with Gasteiger partial charge in [-0.2, -0.15) is 0 Å². The molecule has 0 saturated carbocycles. The number of furan rings is 1. The Morgan fingerprint density at radius 2 is 2.00 bits per heavy atom. The Hall–Kier alpha value is -1.61. The summed E-state index contributed by atoms with van der Waals surface area (Å²) in [4.78, 5) is 0. The van der Waals surface area contributed by atoms with E-state index >= 15 is 0 Å². The Morgan fingerprint density at radius 1 is 1.24 bits per heavy atom. The highest BCUT2D eigenvalue weighted by Gasteiger charge is 2.13. The second-order valence-corrected chi connectivity index (χ2v) is 4.15. The summed E-state index contributed by atoms with van der Waals surface area (Å²) in [6.07, 6.45) is 0. The van der Waals surface area contributed by atoms with Gasteiger partial charge in [0.25, 0.3) is 0 Å². The third-order valence-electron chi connectivity index (χ3n) is 2.94. The average Bonchev–Trinajstić information content (AvgIpc) is 2.81. The first-order chi connectivity index (χ1) is 8.13. The second-order valence-electron chi connectivity index (χ2n) is 4.15. The van der Waals surface area contributed by atoms with Crippen LogP contribution in [0.25, 0.3) is 11.3 Å². The molecule has 0 radical (unpaired) electrons. The summed E-state index contributed by atoms with van der Waals surface area (Å²) in [5, 5.41) is 3.08. The molecule has 2 nitrogen and oxygen atoms in total. The molecule has 2 aromatic rings. The van der Waals surface area contributed by atoms with Crippen molar-refractivity contribution in [1.29, 1.82) is 0 Å². The Bertz CT molecular complexity index is 519. The third kappa shape index (κ3) is 2.24. The smallest absolute Gasteiger partial charge is 0.137 e. The number of halogens is 1. The molecule has 0 aliphatic heterocycles. The highest BCUT2D eigenvalue weighted by atomic mass is 19.1. The van der Waals surface area contributed by atoms with Crippen LogP contribution in [0.3, 0.4) is 0 Å². The van der Waals surface area contributed by atoms with Crippen molar-refractivity contribution in [3.63, 3.8) is 0 Å². The maximum atomic E-state index is 13.9. The summed E-state index contributed by atoms with van der Waals surface area (Å²) in [6, 6.07) is 9.11. The van der Waals surface area contributed by atoms with E-state index in [9.17, 15) is 4.39 Å². The Morgan fingerprint density at radius 3 is 2.71 bits per heavy atom. The Balaban J connectivity index is 2.40. The minimum Gasteiger partial charge on any atom is -0.459 e. The fourth-order valence-corrected chi connectivity index (χ4v) is 1.71. The molecule has 0 aliphatic rings. The molecule has 0 fully saturated rings. The van der Waals surface area contributed by atoms with Gasteiger partial charge in [0.2, 0.25) is 0 Å². The molecule has 1 heterocycles. The van der Waals surface area contributed by atoms with Crippen molar-refractivity contribution in [3.05, 3.63) is 47.5 Å². The van der Waals surface area contributed by atoms with Gasteiger partial charge < -0.3 is 9.73 Å². The lowest BCUT2D eigenvalue weighted by molar-refractivity contribution is 0.456. The summed E-state index contributed by atoms with van der Waals surface area (Å²) < 4.78 is 19.6. The lowest BCUT2D eigenvalue weighted by Crippen LogP contribution is -2.11. The Labute approximate surface area is 100 Å². The van der Waals surface area contributed by atoms with Crippen LogP contribution < -0.4 is 5.32 Å². The molecule has 0 saturated heterocycles. The van der Waals surface area contributed by atoms with Crippen molar-refractivity contribution < 1.29 is 8.81 Å². The van der Waals surface area contributed by atoms with Crippen LogP contribution in [0.1, 0.15) is 24.3 Å². The van der Waals surface area contributed by atoms with E-state index in [1.807, 2.05) is 26.1 Å². The number of hydrogen-bond donors (Lipinski definition) is 1. The van der Waals surface area contributed by atoms with E-state index in [4.69, 9.17) is 4.42 Å². The number of aryl methyl sites for hydroxylation is 1. The van der Waals surface area contributed by atoms with Crippen molar-refractivity contribution in [2.24, 2.45) is 0 Å². The van der Waals surface area contributed by atoms with Crippen molar-refractivity contribution in [2.75, 3.05) is 7.05 Å². The molecular weight excluding hydrogens is 217 g/mol. The van der Waals surface area contributed by atoms with E-state index in [1.54, 1.807) is 25.1 Å². The standard InChI is InChI=1S/C14H16FNO/c1-9-5-4-6-11(14(9)15)13-8-7-12(17-13)10(2)16-3/h4-8,10,16H,1-3H3. The normalized spacial score (nSPS) is 12.7. The molecule has 0 aliphatic carbocycles. The molecule has 2 rings (SSSR count). The molecule has 1 unspecified atom stereocenters. The summed E-state index contributed by atoms with van der Waals surface area (Å²) >= 11 is 0. The maximum absolute atomic E-state index is 13.9. The zero-order valence-electron chi connectivity index (χ0n) is 10.3. The van der Waals surface area contributed by atoms with E-state index in [0.29, 0.717) is 16.9 Å². The average molecular weight is 233 g/mol. The minimum atomic E-state index is -0.217. The summed E-state index contributed by atoms with van der Waals surface area (Å²) in [6.45, 7) is 3.74. The van der Waals surface area contributed by atoms with Gasteiger partial charge in [-0.05, 0) is 44.7 Å². The van der Waals surface area contributed by atoms with Crippen molar-refractivity contribution in [1.82, 2.24) is 5.32 Å². The van der Waals surface area contributed by atoms with Gasteiger partial charge in [-0.3, -0.25) is 0 Å². The van der Waals surface area contributed by atoms with E-state index in [0.717, 1.165) is 5.76 Å². The summed E-state index contributed by atoms with van der Waals surface area (Å²) in [5.41, 5.74) is 1.14. The van der Waals surface area contributed by atoms with E-state index < -0.39 is 0 Å². The van der Waals surface area contributed by atoms with Crippen molar-refractivity contribution in [2.45, 2.75) is 19.9 Å². The van der Waals surface area contributed by atoms with Gasteiger partial charge >= 0.3 is 0 Å². The van der Waals surface area contributed by atoms with Gasteiger partial charge in [0, 0.05) is 0 Å². The van der Waals surface area contributed by atoms with Crippen LogP contribution >= 0.6 is 0 Å². The summed E-state index contributed by atoms with van der Waals surface area (Å²) in [5.74, 6) is 1.16. The first-order valence-corrected chi connectivity index (χ1v) is 5.66. The molecule has 0 amide bonds. The van der Waals surface area contributed by atoms with Crippen molar-refractivity contribution >= 4 is 0 Å². The third-order valence-corrected chi connectivity index (χ3v) is 2.94. The van der Waals surface area contributed by atoms with Gasteiger partial charge in [-0.1, -0.05) is 12.1 Å². The molecule has 17 heavy (non-hydrogen) atoms. The molecule has 1 aromatic heterocycles. The topological polar surface area (TPSA) is 25.2 Å². The zero-order valence-corrected chi connectivity index (χ0v) is 10.3. The number of benzene rings is 1. The van der Waals surface area contributed by atoms with E-state index in [2.05, 4.69) is 5.32 Å². The van der Waals surface area contributed by atoms with Crippen LogP contribution in [-0.4, -0.2) is 7.05 Å². The van der Waals surface area contributed by atoms with Gasteiger partial charge in [-0.25, -0.2) is 4.39 Å². The molecule has 0 bridgehead atoms. The number of nitrogens with one attached hydrogen (secondary N) is 1. The quantitative estimate of drug-likeness (QED) is 0.875. The van der Waals surface area contributed by atoms with Gasteiger partial charge in [0.1, 0.15) is 17.3 Å². The van der Waals surface area contributed by atoms with Crippen LogP contribution in [-0.2, 0) is 0 Å². The zero-order chi connectivity index (χ0) is 12.4. The number of hydrogen-bond acceptors (Lipinski definition) is 2. The SMILES string of the molecule is CNC(C)c1ccc(-c2cccc(C)c2F)o1. The fraction of sp³-hybridized carbons (Fsp3) is 0.286. The van der Waals surface area contributed by atoms with E-state index in [-0.39, 0.29) is 11.9 Å². The van der Waals surface area contributed by atoms with Crippen LogP contribution in [0.4, 0.5) is 4.39 Å². The largest absolute Gasteiger partial charge is 0.459 e. The van der Waals surface area contributed by atoms with Crippen LogP contribution in [0, 0.1) is 12.7 Å².